The summed E-state index contributed by atoms with van der Waals surface area (Å²) in [5.41, 5.74) is 14.8. The minimum Gasteiger partial charge on any atom is -0.457 e. The molecule has 302 valence electrons. The van der Waals surface area contributed by atoms with E-state index < -0.39 is 5.41 Å². The summed E-state index contributed by atoms with van der Waals surface area (Å²) in [5.74, 6) is 1.71. The van der Waals surface area contributed by atoms with Gasteiger partial charge in [0.2, 0.25) is 0 Å². The van der Waals surface area contributed by atoms with Gasteiger partial charge in [-0.3, -0.25) is 0 Å². The van der Waals surface area contributed by atoms with Crippen molar-refractivity contribution in [2.45, 2.75) is 17.8 Å². The average Bonchev–Trinajstić information content (AvgIpc) is 3.84. The van der Waals surface area contributed by atoms with E-state index >= 15 is 0 Å². The Morgan fingerprint density at radius 1 is 0.359 bits per heavy atom. The van der Waals surface area contributed by atoms with E-state index in [9.17, 15) is 0 Å². The molecule has 0 amide bonds. The van der Waals surface area contributed by atoms with Crippen LogP contribution in [0.5, 0.6) is 11.5 Å². The van der Waals surface area contributed by atoms with Gasteiger partial charge in [0, 0.05) is 50.4 Å². The van der Waals surface area contributed by atoms with Crippen LogP contribution in [0.2, 0.25) is 0 Å². The Morgan fingerprint density at radius 3 is 1.53 bits per heavy atom. The van der Waals surface area contributed by atoms with Crippen molar-refractivity contribution in [3.05, 3.63) is 269 Å². The lowest BCUT2D eigenvalue weighted by molar-refractivity contribution is 0.434. The molecule has 2 heterocycles. The standard InChI is InChI=1S/C61H41NO2/c1-60(52-27-9-7-25-48(52)49-26-8-10-28-53(49)60)43-21-15-23-45(37-43)62(47-33-34-50-51-35-40-17-5-6-18-41(40)36-58(51)64-59(50)39-47)46-24-16-22-44(38-46)61(42-19-3-2-4-20-42)54-29-11-13-31-56(54)63-57-32-14-12-30-55(57)61/h2-39H,1H3. The van der Waals surface area contributed by atoms with E-state index in [1.54, 1.807) is 0 Å². The quantitative estimate of drug-likeness (QED) is 0.167. The highest BCUT2D eigenvalue weighted by molar-refractivity contribution is 6.11. The SMILES string of the molecule is CC1(c2cccc(N(c3cccc(C4(c5ccccc5)c5ccccc5Oc5ccccc54)c3)c3ccc4c(c3)oc3cc5ccccc5cc34)c2)c2ccccc2-c2ccccc21. The summed E-state index contributed by atoms with van der Waals surface area (Å²) >= 11 is 0. The molecule has 3 nitrogen and oxygen atoms in total. The van der Waals surface area contributed by atoms with Crippen LogP contribution in [-0.4, -0.2) is 0 Å². The molecule has 1 aromatic heterocycles. The normalized spacial score (nSPS) is 14.1. The van der Waals surface area contributed by atoms with Crippen LogP contribution in [0.4, 0.5) is 17.1 Å². The molecule has 0 atom stereocenters. The molecular weight excluding hydrogens is 779 g/mol. The molecule has 0 N–H and O–H groups in total. The van der Waals surface area contributed by atoms with Crippen LogP contribution in [0.15, 0.2) is 235 Å². The highest BCUT2D eigenvalue weighted by Crippen LogP contribution is 2.57. The number of nitrogens with zero attached hydrogens (tertiary/aromatic N) is 1. The van der Waals surface area contributed by atoms with E-state index in [0.29, 0.717) is 0 Å². The highest BCUT2D eigenvalue weighted by Gasteiger charge is 2.46. The first-order valence-electron chi connectivity index (χ1n) is 22.1. The Balaban J connectivity index is 1.06. The van der Waals surface area contributed by atoms with Crippen molar-refractivity contribution < 1.29 is 9.15 Å². The zero-order valence-corrected chi connectivity index (χ0v) is 35.2. The van der Waals surface area contributed by atoms with E-state index in [1.807, 2.05) is 0 Å². The molecule has 0 bridgehead atoms. The number of anilines is 3. The molecule has 3 heteroatoms. The number of hydrogen-bond donors (Lipinski definition) is 0. The maximum absolute atomic E-state index is 6.75. The molecule has 11 aromatic rings. The fraction of sp³-hybridized carbons (Fsp3) is 0.0492. The Labute approximate surface area is 372 Å². The van der Waals surface area contributed by atoms with Crippen molar-refractivity contribution in [1.29, 1.82) is 0 Å². The third-order valence-electron chi connectivity index (χ3n) is 14.0. The topological polar surface area (TPSA) is 25.6 Å². The van der Waals surface area contributed by atoms with Gasteiger partial charge in [-0.05, 0) is 117 Å². The molecular formula is C61H41NO2. The molecule has 64 heavy (non-hydrogen) atoms. The van der Waals surface area contributed by atoms with Crippen molar-refractivity contribution in [2.75, 3.05) is 4.90 Å². The second-order valence-electron chi connectivity index (χ2n) is 17.3. The number of rotatable bonds is 6. The number of fused-ring (bicyclic) bond motifs is 9. The maximum atomic E-state index is 6.75. The first-order chi connectivity index (χ1) is 31.6. The van der Waals surface area contributed by atoms with Gasteiger partial charge in [-0.1, -0.05) is 164 Å². The minimum absolute atomic E-state index is 0.367. The fourth-order valence-corrected chi connectivity index (χ4v) is 11.1. The maximum Gasteiger partial charge on any atom is 0.137 e. The lowest BCUT2D eigenvalue weighted by atomic mass is 9.63. The van der Waals surface area contributed by atoms with Gasteiger partial charge >= 0.3 is 0 Å². The summed E-state index contributed by atoms with van der Waals surface area (Å²) < 4.78 is 13.4. The smallest absolute Gasteiger partial charge is 0.137 e. The summed E-state index contributed by atoms with van der Waals surface area (Å²) in [7, 11) is 0. The van der Waals surface area contributed by atoms with Crippen LogP contribution in [0.3, 0.4) is 0 Å². The van der Waals surface area contributed by atoms with Crippen LogP contribution in [0.25, 0.3) is 43.8 Å². The Bertz CT molecular complexity index is 3550. The Morgan fingerprint density at radius 2 is 0.859 bits per heavy atom. The minimum atomic E-state index is -0.675. The number of ether oxygens (including phenoxy) is 1. The van der Waals surface area contributed by atoms with Gasteiger partial charge in [0.05, 0.1) is 5.41 Å². The molecule has 0 saturated carbocycles. The van der Waals surface area contributed by atoms with Gasteiger partial charge in [0.15, 0.2) is 0 Å². The molecule has 0 radical (unpaired) electrons. The number of furan rings is 1. The molecule has 0 unspecified atom stereocenters. The first kappa shape index (κ1) is 36.5. The highest BCUT2D eigenvalue weighted by atomic mass is 16.5. The Kier molecular flexibility index (Phi) is 7.95. The third kappa shape index (κ3) is 5.22. The largest absolute Gasteiger partial charge is 0.457 e. The summed E-state index contributed by atoms with van der Waals surface area (Å²) in [6.45, 7) is 2.38. The predicted molar refractivity (Wildman–Crippen MR) is 262 cm³/mol. The lowest BCUT2D eigenvalue weighted by Gasteiger charge is -2.42. The van der Waals surface area contributed by atoms with Crippen LogP contribution < -0.4 is 9.64 Å². The van der Waals surface area contributed by atoms with Gasteiger partial charge < -0.3 is 14.1 Å². The van der Waals surface area contributed by atoms with E-state index in [-0.39, 0.29) is 5.41 Å². The van der Waals surface area contributed by atoms with Gasteiger partial charge in [-0.25, -0.2) is 0 Å². The molecule has 2 aliphatic rings. The average molecular weight is 820 g/mol. The number of hydrogen-bond acceptors (Lipinski definition) is 3. The predicted octanol–water partition coefficient (Wildman–Crippen LogP) is 16.0. The molecule has 10 aromatic carbocycles. The monoisotopic (exact) mass is 819 g/mol. The van der Waals surface area contributed by atoms with Crippen LogP contribution >= 0.6 is 0 Å². The molecule has 1 aliphatic heterocycles. The summed E-state index contributed by atoms with van der Waals surface area (Å²) in [4.78, 5) is 2.40. The molecule has 0 fully saturated rings. The number of benzene rings is 10. The molecule has 0 saturated heterocycles. The van der Waals surface area contributed by atoms with Gasteiger partial charge in [-0.15, -0.1) is 0 Å². The van der Waals surface area contributed by atoms with Crippen LogP contribution in [0.1, 0.15) is 45.9 Å². The van der Waals surface area contributed by atoms with E-state index in [4.69, 9.17) is 9.15 Å². The molecule has 1 aliphatic carbocycles. The Hall–Kier alpha value is -8.14. The summed E-state index contributed by atoms with van der Waals surface area (Å²) in [5, 5.41) is 4.57. The van der Waals surface area contributed by atoms with Crippen molar-refractivity contribution in [3.63, 3.8) is 0 Å². The van der Waals surface area contributed by atoms with E-state index in [1.165, 1.54) is 38.8 Å². The first-order valence-corrected chi connectivity index (χ1v) is 22.1. The van der Waals surface area contributed by atoms with Gasteiger partial charge in [0.25, 0.3) is 0 Å². The van der Waals surface area contributed by atoms with Gasteiger partial charge in [0.1, 0.15) is 22.7 Å². The fourth-order valence-electron chi connectivity index (χ4n) is 11.1. The van der Waals surface area contributed by atoms with E-state index in [2.05, 4.69) is 242 Å². The second kappa shape index (κ2) is 13.9. The number of para-hydroxylation sites is 2. The van der Waals surface area contributed by atoms with E-state index in [0.717, 1.165) is 72.6 Å². The summed E-state index contributed by atoms with van der Waals surface area (Å²) in [6.07, 6.45) is 0. The zero-order chi connectivity index (χ0) is 42.4. The van der Waals surface area contributed by atoms with Crippen molar-refractivity contribution in [2.24, 2.45) is 0 Å². The molecule has 0 spiro atoms. The third-order valence-corrected chi connectivity index (χ3v) is 14.0. The zero-order valence-electron chi connectivity index (χ0n) is 35.2. The van der Waals surface area contributed by atoms with Crippen molar-refractivity contribution >= 4 is 49.8 Å². The van der Waals surface area contributed by atoms with Crippen LogP contribution in [0, 0.1) is 0 Å². The second-order valence-corrected chi connectivity index (χ2v) is 17.3. The van der Waals surface area contributed by atoms with Crippen molar-refractivity contribution in [1.82, 2.24) is 0 Å². The molecule has 13 rings (SSSR count). The van der Waals surface area contributed by atoms with Gasteiger partial charge in [-0.2, -0.15) is 0 Å². The van der Waals surface area contributed by atoms with Crippen LogP contribution in [-0.2, 0) is 10.8 Å². The van der Waals surface area contributed by atoms with Crippen molar-refractivity contribution in [3.8, 4) is 22.6 Å². The summed E-state index contributed by atoms with van der Waals surface area (Å²) in [6, 6.07) is 83.6. The lowest BCUT2D eigenvalue weighted by Crippen LogP contribution is -2.34.